The Labute approximate surface area is 168 Å². The van der Waals surface area contributed by atoms with E-state index in [2.05, 4.69) is 33.4 Å². The normalized spacial score (nSPS) is 18.6. The summed E-state index contributed by atoms with van der Waals surface area (Å²) in [5.41, 5.74) is 7.52. The van der Waals surface area contributed by atoms with Crippen molar-refractivity contribution in [1.29, 1.82) is 0 Å². The first-order chi connectivity index (χ1) is 13.2. The van der Waals surface area contributed by atoms with Crippen LogP contribution in [0.15, 0.2) is 18.2 Å². The molecule has 1 aromatic rings. The van der Waals surface area contributed by atoms with E-state index >= 15 is 0 Å². The molecule has 160 valence electrons. The Bertz CT molecular complexity index is 674. The minimum absolute atomic E-state index is 0.185. The van der Waals surface area contributed by atoms with Gasteiger partial charge in [-0.15, -0.1) is 0 Å². The van der Waals surface area contributed by atoms with E-state index in [1.807, 2.05) is 7.05 Å². The van der Waals surface area contributed by atoms with Gasteiger partial charge in [-0.3, -0.25) is 4.52 Å². The van der Waals surface area contributed by atoms with Crippen LogP contribution in [0.25, 0.3) is 6.08 Å². The van der Waals surface area contributed by atoms with Crippen LogP contribution in [-0.4, -0.2) is 39.2 Å². The molecule has 28 heavy (non-hydrogen) atoms. The molecule has 1 aromatic heterocycles. The molecule has 1 aliphatic carbocycles. The van der Waals surface area contributed by atoms with Crippen LogP contribution in [0.4, 0.5) is 0 Å². The van der Waals surface area contributed by atoms with E-state index < -0.39 is 13.4 Å². The van der Waals surface area contributed by atoms with E-state index in [0.717, 1.165) is 24.4 Å². The number of aromatic nitrogens is 1. The summed E-state index contributed by atoms with van der Waals surface area (Å²) in [6.45, 7) is 2.32. The van der Waals surface area contributed by atoms with Crippen LogP contribution in [-0.2, 0) is 27.3 Å². The molecule has 4 N–H and O–H groups in total. The third-order valence-corrected chi connectivity index (χ3v) is 5.72. The van der Waals surface area contributed by atoms with Crippen LogP contribution in [0.5, 0.6) is 0 Å². The number of ether oxygens (including phenoxy) is 1. The van der Waals surface area contributed by atoms with Gasteiger partial charge in [0.15, 0.2) is 0 Å². The molecular weight excluding hydrogens is 379 g/mol. The maximum atomic E-state index is 10.8. The number of rotatable bonds is 11. The molecule has 2 rings (SSSR count). The number of hydrogen-bond acceptors (Lipinski definition) is 4. The van der Waals surface area contributed by atoms with Crippen molar-refractivity contribution in [2.75, 3.05) is 13.2 Å². The first-order valence-corrected chi connectivity index (χ1v) is 11.6. The van der Waals surface area contributed by atoms with Gasteiger partial charge in [-0.2, -0.15) is 0 Å². The zero-order chi connectivity index (χ0) is 20.6. The second-order valence-electron chi connectivity index (χ2n) is 8.05. The largest absolute Gasteiger partial charge is 0.469 e. The van der Waals surface area contributed by atoms with Gasteiger partial charge in [0, 0.05) is 24.0 Å². The molecule has 0 amide bonds. The minimum atomic E-state index is -4.50. The van der Waals surface area contributed by atoms with Crippen LogP contribution in [0.1, 0.15) is 63.3 Å². The molecule has 0 aromatic carbocycles. The SMILES string of the molecule is Cn1c(/C=C/CCOC2CCCCC2)ccc1CCC(C)(N)COP(=O)(O)O. The van der Waals surface area contributed by atoms with E-state index in [4.69, 9.17) is 20.3 Å². The number of aryl methyl sites for hydroxylation is 1. The van der Waals surface area contributed by atoms with E-state index in [0.29, 0.717) is 18.9 Å². The van der Waals surface area contributed by atoms with Crippen molar-refractivity contribution in [3.8, 4) is 0 Å². The summed E-state index contributed by atoms with van der Waals surface area (Å²) in [5.74, 6) is 0. The Balaban J connectivity index is 1.75. The first kappa shape index (κ1) is 23.3. The van der Waals surface area contributed by atoms with Gasteiger partial charge in [-0.05, 0) is 57.2 Å². The van der Waals surface area contributed by atoms with Crippen LogP contribution in [0, 0.1) is 0 Å². The molecule has 1 unspecified atom stereocenters. The lowest BCUT2D eigenvalue weighted by Crippen LogP contribution is -2.41. The highest BCUT2D eigenvalue weighted by Gasteiger charge is 2.24. The molecule has 8 heteroatoms. The molecule has 0 radical (unpaired) electrons. The Kier molecular flexibility index (Phi) is 8.93. The van der Waals surface area contributed by atoms with Crippen molar-refractivity contribution in [3.63, 3.8) is 0 Å². The quantitative estimate of drug-likeness (QED) is 0.378. The average molecular weight is 414 g/mol. The molecule has 7 nitrogen and oxygen atoms in total. The number of nitrogens with zero attached hydrogens (tertiary/aromatic N) is 1. The fourth-order valence-corrected chi connectivity index (χ4v) is 3.91. The molecule has 1 fully saturated rings. The van der Waals surface area contributed by atoms with Gasteiger partial charge in [-0.1, -0.05) is 25.3 Å². The molecule has 0 aliphatic heterocycles. The van der Waals surface area contributed by atoms with E-state index in [1.165, 1.54) is 32.1 Å². The first-order valence-electron chi connectivity index (χ1n) is 10.1. The maximum absolute atomic E-state index is 10.8. The number of nitrogens with two attached hydrogens (primary N) is 1. The fraction of sp³-hybridized carbons (Fsp3) is 0.700. The predicted molar refractivity (Wildman–Crippen MR) is 111 cm³/mol. The molecule has 1 atom stereocenters. The Hall–Kier alpha value is -0.950. The van der Waals surface area contributed by atoms with E-state index in [9.17, 15) is 4.57 Å². The van der Waals surface area contributed by atoms with Crippen molar-refractivity contribution in [2.24, 2.45) is 12.8 Å². The topological polar surface area (TPSA) is 107 Å². The highest BCUT2D eigenvalue weighted by atomic mass is 31.2. The monoisotopic (exact) mass is 414 g/mol. The Morgan fingerprint density at radius 3 is 2.71 bits per heavy atom. The summed E-state index contributed by atoms with van der Waals surface area (Å²) in [6.07, 6.45) is 13.2. The summed E-state index contributed by atoms with van der Waals surface area (Å²) in [6, 6.07) is 4.12. The second-order valence-corrected chi connectivity index (χ2v) is 9.29. The second kappa shape index (κ2) is 10.7. The van der Waals surface area contributed by atoms with Gasteiger partial charge in [0.25, 0.3) is 0 Å². The Morgan fingerprint density at radius 2 is 2.04 bits per heavy atom. The molecule has 1 aliphatic rings. The molecule has 1 heterocycles. The fourth-order valence-electron chi connectivity index (χ4n) is 3.45. The Morgan fingerprint density at radius 1 is 1.32 bits per heavy atom. The molecular formula is C20H35N2O5P. The predicted octanol–water partition coefficient (Wildman–Crippen LogP) is 3.54. The summed E-state index contributed by atoms with van der Waals surface area (Å²) < 4.78 is 23.4. The smallest absolute Gasteiger partial charge is 0.378 e. The molecule has 1 saturated carbocycles. The van der Waals surface area contributed by atoms with Crippen molar-refractivity contribution in [2.45, 2.75) is 69.9 Å². The van der Waals surface area contributed by atoms with E-state index in [-0.39, 0.29) is 6.61 Å². The van der Waals surface area contributed by atoms with E-state index in [1.54, 1.807) is 6.92 Å². The van der Waals surface area contributed by atoms with Gasteiger partial charge in [0.1, 0.15) is 0 Å². The molecule has 0 bridgehead atoms. The standard InChI is InChI=1S/C20H35N2O5P/c1-20(21,16-27-28(23,24)25)14-13-18-12-11-17(22(18)2)8-6-7-15-26-19-9-4-3-5-10-19/h6,8,11-12,19H,3-5,7,9-10,13-16,21H2,1-2H3,(H2,23,24,25)/b8-6+. The third-order valence-electron chi connectivity index (χ3n) is 5.26. The van der Waals surface area contributed by atoms with Gasteiger partial charge in [0.2, 0.25) is 0 Å². The average Bonchev–Trinajstić information content (AvgIpc) is 2.99. The third kappa shape index (κ3) is 8.60. The molecule has 0 saturated heterocycles. The number of phosphoric acid groups is 1. The lowest BCUT2D eigenvalue weighted by atomic mass is 9.97. The van der Waals surface area contributed by atoms with Gasteiger partial charge in [-0.25, -0.2) is 4.57 Å². The maximum Gasteiger partial charge on any atom is 0.469 e. The van der Waals surface area contributed by atoms with Crippen LogP contribution >= 0.6 is 7.82 Å². The van der Waals surface area contributed by atoms with Crippen LogP contribution in [0.2, 0.25) is 0 Å². The van der Waals surface area contributed by atoms with Crippen LogP contribution < -0.4 is 5.73 Å². The summed E-state index contributed by atoms with van der Waals surface area (Å²) in [5, 5.41) is 0. The van der Waals surface area contributed by atoms with Crippen molar-refractivity contribution in [1.82, 2.24) is 4.57 Å². The summed E-state index contributed by atoms with van der Waals surface area (Å²) in [7, 11) is -2.49. The zero-order valence-corrected chi connectivity index (χ0v) is 17.9. The van der Waals surface area contributed by atoms with Crippen LogP contribution in [0.3, 0.4) is 0 Å². The number of hydrogen-bond donors (Lipinski definition) is 3. The lowest BCUT2D eigenvalue weighted by molar-refractivity contribution is 0.0313. The number of phosphoric ester groups is 1. The zero-order valence-electron chi connectivity index (χ0n) is 17.0. The lowest BCUT2D eigenvalue weighted by Gasteiger charge is -2.24. The minimum Gasteiger partial charge on any atom is -0.378 e. The summed E-state index contributed by atoms with van der Waals surface area (Å²) >= 11 is 0. The van der Waals surface area contributed by atoms with Gasteiger partial charge in [0.05, 0.1) is 19.3 Å². The van der Waals surface area contributed by atoms with Crippen molar-refractivity contribution < 1.29 is 23.6 Å². The van der Waals surface area contributed by atoms with Gasteiger partial charge < -0.3 is 24.8 Å². The van der Waals surface area contributed by atoms with Crippen molar-refractivity contribution in [3.05, 3.63) is 29.6 Å². The molecule has 0 spiro atoms. The highest BCUT2D eigenvalue weighted by molar-refractivity contribution is 7.46. The summed E-state index contributed by atoms with van der Waals surface area (Å²) in [4.78, 5) is 17.6. The van der Waals surface area contributed by atoms with Gasteiger partial charge >= 0.3 is 7.82 Å². The highest BCUT2D eigenvalue weighted by Crippen LogP contribution is 2.36. The van der Waals surface area contributed by atoms with Crippen molar-refractivity contribution >= 4 is 13.9 Å².